The molecule has 1 N–H and O–H groups in total. The lowest BCUT2D eigenvalue weighted by atomic mass is 9.87. The Bertz CT molecular complexity index is 1200. The molecule has 0 radical (unpaired) electrons. The van der Waals surface area contributed by atoms with Crippen LogP contribution >= 0.6 is 11.3 Å². The third-order valence-electron chi connectivity index (χ3n) is 5.89. The number of carbonyl (C=O) groups is 1. The van der Waals surface area contributed by atoms with Gasteiger partial charge in [0.05, 0.1) is 23.2 Å². The second-order valence-corrected chi connectivity index (χ2v) is 11.5. The van der Waals surface area contributed by atoms with Gasteiger partial charge in [0.1, 0.15) is 5.75 Å². The fourth-order valence-electron chi connectivity index (χ4n) is 4.11. The summed E-state index contributed by atoms with van der Waals surface area (Å²) in [6.07, 6.45) is 9.74. The first-order valence-corrected chi connectivity index (χ1v) is 13.7. The number of benzene rings is 1. The largest absolute Gasteiger partial charge is 0.443 e. The Morgan fingerprint density at radius 1 is 1.12 bits per heavy atom. The number of hydrogen-bond donors (Lipinski definition) is 1. The number of nitrogens with one attached hydrogen (secondary N) is 1. The highest BCUT2D eigenvalue weighted by atomic mass is 32.2. The van der Waals surface area contributed by atoms with Crippen molar-refractivity contribution in [2.75, 3.05) is 11.6 Å². The van der Waals surface area contributed by atoms with Crippen molar-refractivity contribution in [3.05, 3.63) is 60.0 Å². The Morgan fingerprint density at radius 2 is 1.85 bits per heavy atom. The molecule has 7 nitrogen and oxygen atoms in total. The van der Waals surface area contributed by atoms with E-state index in [1.54, 1.807) is 36.7 Å². The Morgan fingerprint density at radius 3 is 2.48 bits per heavy atom. The summed E-state index contributed by atoms with van der Waals surface area (Å²) in [5.41, 5.74) is 1.71. The number of amides is 1. The summed E-state index contributed by atoms with van der Waals surface area (Å²) in [6, 6.07) is 10.3. The molecule has 0 unspecified atom stereocenters. The molecule has 1 aliphatic carbocycles. The molecule has 2 aromatic heterocycles. The predicted octanol–water partition coefficient (Wildman–Crippen LogP) is 5.34. The van der Waals surface area contributed by atoms with Gasteiger partial charge in [-0.05, 0) is 49.1 Å². The quantitative estimate of drug-likeness (QED) is 0.462. The average Bonchev–Trinajstić information content (AvgIpc) is 3.45. The number of sulfone groups is 1. The zero-order chi connectivity index (χ0) is 23.4. The summed E-state index contributed by atoms with van der Waals surface area (Å²) >= 11 is 1.25. The normalized spacial score (nSPS) is 15.3. The van der Waals surface area contributed by atoms with Crippen LogP contribution in [0.2, 0.25) is 0 Å². The summed E-state index contributed by atoms with van der Waals surface area (Å²) in [4.78, 5) is 22.0. The average molecular weight is 486 g/mol. The van der Waals surface area contributed by atoms with E-state index in [9.17, 15) is 13.2 Å². The zero-order valence-corrected chi connectivity index (χ0v) is 20.3. The van der Waals surface area contributed by atoms with E-state index in [2.05, 4.69) is 15.3 Å². The molecule has 9 heteroatoms. The van der Waals surface area contributed by atoms with Gasteiger partial charge >= 0.3 is 0 Å². The van der Waals surface area contributed by atoms with Crippen molar-refractivity contribution in [3.8, 4) is 10.8 Å². The van der Waals surface area contributed by atoms with Crippen molar-refractivity contribution in [1.82, 2.24) is 9.97 Å². The molecule has 0 spiro atoms. The highest BCUT2D eigenvalue weighted by molar-refractivity contribution is 7.90. The standard InChI is InChI=1S/C24H27N3O4S2/c1-16-7-10-19(14-25-16)31-22-15-26-24(32-22)27-23(28)21(13-17-5-3-4-6-17)18-8-11-20(12-9-18)33(2,29)30/h7-12,14-15,17,21H,3-6,13H2,1-2H3,(H,26,27,28)/t21-/m1/s1. The van der Waals surface area contributed by atoms with Gasteiger partial charge in [0.2, 0.25) is 11.0 Å². The summed E-state index contributed by atoms with van der Waals surface area (Å²) in [7, 11) is -3.29. The fraction of sp³-hybridized carbons (Fsp3) is 0.375. The van der Waals surface area contributed by atoms with E-state index < -0.39 is 9.84 Å². The van der Waals surface area contributed by atoms with Crippen LogP contribution in [-0.4, -0.2) is 30.5 Å². The van der Waals surface area contributed by atoms with Gasteiger partial charge in [-0.15, -0.1) is 0 Å². The number of anilines is 1. The number of pyridine rings is 1. The first-order chi connectivity index (χ1) is 15.8. The Kier molecular flexibility index (Phi) is 7.09. The molecule has 174 valence electrons. The van der Waals surface area contributed by atoms with Crippen LogP contribution in [0.15, 0.2) is 53.7 Å². The molecule has 1 fully saturated rings. The lowest BCUT2D eigenvalue weighted by Gasteiger charge is -2.20. The molecule has 0 saturated heterocycles. The Labute approximate surface area is 198 Å². The Balaban J connectivity index is 1.49. The molecule has 1 atom stereocenters. The van der Waals surface area contributed by atoms with E-state index in [0.717, 1.165) is 30.5 Å². The molecule has 1 saturated carbocycles. The van der Waals surface area contributed by atoms with Crippen molar-refractivity contribution < 1.29 is 17.9 Å². The molecule has 0 bridgehead atoms. The summed E-state index contributed by atoms with van der Waals surface area (Å²) < 4.78 is 29.4. The molecule has 2 heterocycles. The van der Waals surface area contributed by atoms with Gasteiger partial charge in [-0.2, -0.15) is 0 Å². The number of ether oxygens (including phenoxy) is 1. The van der Waals surface area contributed by atoms with E-state index in [4.69, 9.17) is 4.74 Å². The minimum Gasteiger partial charge on any atom is -0.443 e. The van der Waals surface area contributed by atoms with Gasteiger partial charge in [0.15, 0.2) is 15.0 Å². The second-order valence-electron chi connectivity index (χ2n) is 8.49. The first-order valence-electron chi connectivity index (χ1n) is 10.9. The predicted molar refractivity (Wildman–Crippen MR) is 129 cm³/mol. The van der Waals surface area contributed by atoms with Gasteiger partial charge in [0, 0.05) is 11.9 Å². The molecule has 1 aromatic carbocycles. The van der Waals surface area contributed by atoms with E-state index in [1.807, 2.05) is 19.1 Å². The molecule has 3 aromatic rings. The van der Waals surface area contributed by atoms with Crippen molar-refractivity contribution >= 4 is 32.2 Å². The third kappa shape index (κ3) is 6.17. The lowest BCUT2D eigenvalue weighted by molar-refractivity contribution is -0.118. The number of carbonyl (C=O) groups excluding carboxylic acids is 1. The minimum absolute atomic E-state index is 0.146. The molecular weight excluding hydrogens is 458 g/mol. The van der Waals surface area contributed by atoms with Crippen molar-refractivity contribution in [2.24, 2.45) is 5.92 Å². The molecule has 1 amide bonds. The van der Waals surface area contributed by atoms with E-state index >= 15 is 0 Å². The van der Waals surface area contributed by atoms with Gasteiger partial charge in [-0.3, -0.25) is 9.78 Å². The number of hydrogen-bond acceptors (Lipinski definition) is 7. The number of nitrogens with zero attached hydrogens (tertiary/aromatic N) is 2. The summed E-state index contributed by atoms with van der Waals surface area (Å²) in [5, 5.41) is 3.94. The number of aromatic nitrogens is 2. The summed E-state index contributed by atoms with van der Waals surface area (Å²) in [5.74, 6) is 0.565. The second kappa shape index (κ2) is 10.0. The van der Waals surface area contributed by atoms with Crippen LogP contribution in [0.3, 0.4) is 0 Å². The molecule has 33 heavy (non-hydrogen) atoms. The Hall–Kier alpha value is -2.78. The maximum absolute atomic E-state index is 13.3. The van der Waals surface area contributed by atoms with Crippen LogP contribution in [0, 0.1) is 12.8 Å². The fourth-order valence-corrected chi connectivity index (χ4v) is 5.43. The smallest absolute Gasteiger partial charge is 0.233 e. The van der Waals surface area contributed by atoms with Crippen LogP contribution in [0.25, 0.3) is 0 Å². The number of rotatable bonds is 8. The van der Waals surface area contributed by atoms with E-state index in [-0.39, 0.29) is 16.7 Å². The summed E-state index contributed by atoms with van der Waals surface area (Å²) in [6.45, 7) is 1.90. The van der Waals surface area contributed by atoms with Crippen LogP contribution in [0.4, 0.5) is 5.13 Å². The lowest BCUT2D eigenvalue weighted by Crippen LogP contribution is -2.23. The van der Waals surface area contributed by atoms with Crippen LogP contribution in [0.5, 0.6) is 10.8 Å². The van der Waals surface area contributed by atoms with E-state index in [0.29, 0.717) is 21.9 Å². The van der Waals surface area contributed by atoms with Crippen molar-refractivity contribution in [3.63, 3.8) is 0 Å². The monoisotopic (exact) mass is 485 g/mol. The highest BCUT2D eigenvalue weighted by Crippen LogP contribution is 2.36. The topological polar surface area (TPSA) is 98.2 Å². The number of aryl methyl sites for hydroxylation is 1. The van der Waals surface area contributed by atoms with Crippen LogP contribution in [-0.2, 0) is 14.6 Å². The van der Waals surface area contributed by atoms with Crippen molar-refractivity contribution in [2.45, 2.75) is 49.8 Å². The maximum atomic E-state index is 13.3. The van der Waals surface area contributed by atoms with E-state index in [1.165, 1.54) is 30.4 Å². The first kappa shape index (κ1) is 23.4. The highest BCUT2D eigenvalue weighted by Gasteiger charge is 2.27. The van der Waals surface area contributed by atoms with Gasteiger partial charge in [0.25, 0.3) is 0 Å². The van der Waals surface area contributed by atoms with Crippen LogP contribution in [0.1, 0.15) is 49.3 Å². The molecule has 1 aliphatic rings. The van der Waals surface area contributed by atoms with Gasteiger partial charge in [-0.1, -0.05) is 49.2 Å². The number of thiazole rings is 1. The third-order valence-corrected chi connectivity index (χ3v) is 7.81. The zero-order valence-electron chi connectivity index (χ0n) is 18.7. The van der Waals surface area contributed by atoms with Gasteiger partial charge < -0.3 is 10.1 Å². The van der Waals surface area contributed by atoms with Crippen molar-refractivity contribution in [1.29, 1.82) is 0 Å². The SMILES string of the molecule is Cc1ccc(Oc2cnc(NC(=O)[C@H](CC3CCCC3)c3ccc(S(C)(=O)=O)cc3)s2)cn1. The van der Waals surface area contributed by atoms with Gasteiger partial charge in [-0.25, -0.2) is 13.4 Å². The minimum atomic E-state index is -3.29. The van der Waals surface area contributed by atoms with Crippen LogP contribution < -0.4 is 10.1 Å². The molecular formula is C24H27N3O4S2. The molecule has 0 aliphatic heterocycles. The molecule has 4 rings (SSSR count). The maximum Gasteiger partial charge on any atom is 0.233 e.